The van der Waals surface area contributed by atoms with E-state index in [1.165, 1.54) is 0 Å². The summed E-state index contributed by atoms with van der Waals surface area (Å²) >= 11 is 0. The van der Waals surface area contributed by atoms with E-state index in [1.807, 2.05) is 30.3 Å². The number of amides is 1. The minimum Gasteiger partial charge on any atom is -0.452 e. The fraction of sp³-hybridized carbons (Fsp3) is 0.429. The van der Waals surface area contributed by atoms with E-state index in [2.05, 4.69) is 5.32 Å². The van der Waals surface area contributed by atoms with Gasteiger partial charge in [0, 0.05) is 6.04 Å². The van der Waals surface area contributed by atoms with Crippen LogP contribution in [0.1, 0.15) is 25.3 Å². The topological polar surface area (TPSA) is 55.4 Å². The van der Waals surface area contributed by atoms with Crippen LogP contribution in [-0.4, -0.2) is 24.0 Å². The lowest BCUT2D eigenvalue weighted by Crippen LogP contribution is -2.37. The Morgan fingerprint density at radius 1 is 1.33 bits per heavy atom. The third-order valence-corrected chi connectivity index (χ3v) is 2.79. The quantitative estimate of drug-likeness (QED) is 0.801. The van der Waals surface area contributed by atoms with Crippen molar-refractivity contribution in [1.82, 2.24) is 5.32 Å². The number of esters is 1. The molecule has 1 aliphatic rings. The summed E-state index contributed by atoms with van der Waals surface area (Å²) in [6.45, 7) is 1.60. The largest absolute Gasteiger partial charge is 0.452 e. The van der Waals surface area contributed by atoms with E-state index >= 15 is 0 Å². The van der Waals surface area contributed by atoms with Crippen molar-refractivity contribution in [1.29, 1.82) is 0 Å². The number of carbonyl (C=O) groups is 2. The van der Waals surface area contributed by atoms with Gasteiger partial charge in [-0.1, -0.05) is 30.3 Å². The molecule has 4 heteroatoms. The molecule has 1 fully saturated rings. The molecule has 1 amide bonds. The minimum atomic E-state index is -0.721. The molecule has 0 saturated heterocycles. The van der Waals surface area contributed by atoms with Crippen LogP contribution in [0.5, 0.6) is 0 Å². The fourth-order valence-electron chi connectivity index (χ4n) is 1.60. The lowest BCUT2D eigenvalue weighted by atomic mass is 10.1. The highest BCUT2D eigenvalue weighted by Gasteiger charge is 2.27. The van der Waals surface area contributed by atoms with Crippen molar-refractivity contribution in [2.45, 2.75) is 38.3 Å². The van der Waals surface area contributed by atoms with E-state index < -0.39 is 6.10 Å². The first kappa shape index (κ1) is 12.6. The van der Waals surface area contributed by atoms with Crippen LogP contribution in [0.4, 0.5) is 0 Å². The Bertz CT molecular complexity index is 426. The van der Waals surface area contributed by atoms with Crippen molar-refractivity contribution >= 4 is 11.9 Å². The maximum Gasteiger partial charge on any atom is 0.311 e. The summed E-state index contributed by atoms with van der Waals surface area (Å²) in [5, 5.41) is 2.81. The Labute approximate surface area is 106 Å². The van der Waals surface area contributed by atoms with Gasteiger partial charge in [0.05, 0.1) is 6.42 Å². The van der Waals surface area contributed by atoms with Crippen molar-refractivity contribution in [3.63, 3.8) is 0 Å². The zero-order chi connectivity index (χ0) is 13.0. The van der Waals surface area contributed by atoms with Gasteiger partial charge in [0.25, 0.3) is 5.91 Å². The smallest absolute Gasteiger partial charge is 0.311 e. The van der Waals surface area contributed by atoms with Gasteiger partial charge in [-0.15, -0.1) is 0 Å². The van der Waals surface area contributed by atoms with Gasteiger partial charge >= 0.3 is 5.97 Å². The van der Waals surface area contributed by atoms with Crippen LogP contribution < -0.4 is 5.32 Å². The van der Waals surface area contributed by atoms with Crippen LogP contribution in [0.25, 0.3) is 0 Å². The van der Waals surface area contributed by atoms with Crippen LogP contribution in [0.3, 0.4) is 0 Å². The molecule has 96 valence electrons. The second-order valence-corrected chi connectivity index (χ2v) is 4.58. The predicted octanol–water partition coefficient (Wildman–Crippen LogP) is 1.44. The van der Waals surface area contributed by atoms with Crippen molar-refractivity contribution < 1.29 is 14.3 Å². The van der Waals surface area contributed by atoms with Gasteiger partial charge in [-0.05, 0) is 25.3 Å². The first-order chi connectivity index (χ1) is 8.65. The van der Waals surface area contributed by atoms with Gasteiger partial charge < -0.3 is 10.1 Å². The molecule has 1 aromatic rings. The molecular formula is C14H17NO3. The highest BCUT2D eigenvalue weighted by molar-refractivity contribution is 5.84. The van der Waals surface area contributed by atoms with E-state index in [4.69, 9.17) is 4.74 Å². The second kappa shape index (κ2) is 5.67. The van der Waals surface area contributed by atoms with Gasteiger partial charge in [0.1, 0.15) is 0 Å². The average Bonchev–Trinajstić information content (AvgIpc) is 3.14. The summed E-state index contributed by atoms with van der Waals surface area (Å²) in [6, 6.07) is 9.62. The van der Waals surface area contributed by atoms with E-state index in [0.29, 0.717) is 0 Å². The van der Waals surface area contributed by atoms with E-state index in [9.17, 15) is 9.59 Å². The lowest BCUT2D eigenvalue weighted by Gasteiger charge is -2.13. The molecule has 2 rings (SSSR count). The molecule has 18 heavy (non-hydrogen) atoms. The lowest BCUT2D eigenvalue weighted by molar-refractivity contribution is -0.154. The van der Waals surface area contributed by atoms with Crippen molar-refractivity contribution in [3.05, 3.63) is 35.9 Å². The van der Waals surface area contributed by atoms with Gasteiger partial charge in [-0.2, -0.15) is 0 Å². The normalized spacial score (nSPS) is 15.8. The molecule has 0 aliphatic heterocycles. The molecule has 0 bridgehead atoms. The van der Waals surface area contributed by atoms with E-state index in [-0.39, 0.29) is 24.3 Å². The molecule has 1 saturated carbocycles. The maximum atomic E-state index is 11.6. The van der Waals surface area contributed by atoms with Crippen LogP contribution in [0, 0.1) is 0 Å². The molecule has 1 atom stereocenters. The number of ether oxygens (including phenoxy) is 1. The summed E-state index contributed by atoms with van der Waals surface area (Å²) < 4.78 is 5.09. The Hall–Kier alpha value is -1.84. The molecule has 0 radical (unpaired) electrons. The molecule has 1 aliphatic carbocycles. The third-order valence-electron chi connectivity index (χ3n) is 2.79. The summed E-state index contributed by atoms with van der Waals surface area (Å²) in [4.78, 5) is 23.2. The average molecular weight is 247 g/mol. The molecule has 4 nitrogen and oxygen atoms in total. The maximum absolute atomic E-state index is 11.6. The van der Waals surface area contributed by atoms with Crippen molar-refractivity contribution in [3.8, 4) is 0 Å². The Morgan fingerprint density at radius 3 is 2.61 bits per heavy atom. The second-order valence-electron chi connectivity index (χ2n) is 4.58. The zero-order valence-corrected chi connectivity index (χ0v) is 10.4. The van der Waals surface area contributed by atoms with Gasteiger partial charge in [0.2, 0.25) is 0 Å². The summed E-state index contributed by atoms with van der Waals surface area (Å²) in [7, 11) is 0. The Morgan fingerprint density at radius 2 is 2.00 bits per heavy atom. The van der Waals surface area contributed by atoms with Crippen LogP contribution in [0.2, 0.25) is 0 Å². The zero-order valence-electron chi connectivity index (χ0n) is 10.4. The van der Waals surface area contributed by atoms with Crippen LogP contribution in [-0.2, 0) is 20.7 Å². The molecule has 0 spiro atoms. The molecule has 0 unspecified atom stereocenters. The first-order valence-corrected chi connectivity index (χ1v) is 6.19. The third kappa shape index (κ3) is 3.87. The van der Waals surface area contributed by atoms with E-state index in [1.54, 1.807) is 6.92 Å². The van der Waals surface area contributed by atoms with Crippen molar-refractivity contribution in [2.75, 3.05) is 0 Å². The summed E-state index contributed by atoms with van der Waals surface area (Å²) in [6.07, 6.45) is 1.52. The van der Waals surface area contributed by atoms with Crippen LogP contribution in [0.15, 0.2) is 30.3 Å². The van der Waals surface area contributed by atoms with Gasteiger partial charge in [0.15, 0.2) is 6.10 Å². The van der Waals surface area contributed by atoms with Crippen molar-refractivity contribution in [2.24, 2.45) is 0 Å². The standard InChI is InChI=1S/C14H17NO3/c1-10(14(17)15-12-7-8-12)18-13(16)9-11-5-3-2-4-6-11/h2-6,10,12H,7-9H2,1H3,(H,15,17)/t10-/m0/s1. The number of hydrogen-bond donors (Lipinski definition) is 1. The van der Waals surface area contributed by atoms with Gasteiger partial charge in [-0.25, -0.2) is 0 Å². The molecular weight excluding hydrogens is 230 g/mol. The highest BCUT2D eigenvalue weighted by atomic mass is 16.5. The monoisotopic (exact) mass is 247 g/mol. The summed E-state index contributed by atoms with van der Waals surface area (Å²) in [5.41, 5.74) is 0.886. The fourth-order valence-corrected chi connectivity index (χ4v) is 1.60. The first-order valence-electron chi connectivity index (χ1n) is 6.19. The van der Waals surface area contributed by atoms with Crippen LogP contribution >= 0.6 is 0 Å². The number of rotatable bonds is 5. The van der Waals surface area contributed by atoms with E-state index in [0.717, 1.165) is 18.4 Å². The SMILES string of the molecule is C[C@H](OC(=O)Cc1ccccc1)C(=O)NC1CC1. The Balaban J connectivity index is 1.77. The molecule has 1 N–H and O–H groups in total. The highest BCUT2D eigenvalue weighted by Crippen LogP contribution is 2.18. The minimum absolute atomic E-state index is 0.196. The molecule has 1 aromatic carbocycles. The number of nitrogens with one attached hydrogen (secondary N) is 1. The summed E-state index contributed by atoms with van der Waals surface area (Å²) in [5.74, 6) is -0.585. The van der Waals surface area contributed by atoms with Gasteiger partial charge in [-0.3, -0.25) is 9.59 Å². The number of hydrogen-bond acceptors (Lipinski definition) is 3. The number of carbonyl (C=O) groups excluding carboxylic acids is 2. The number of benzene rings is 1. The predicted molar refractivity (Wildman–Crippen MR) is 66.9 cm³/mol. The molecule has 0 heterocycles. The Kier molecular flexibility index (Phi) is 3.97. The molecule has 0 aromatic heterocycles.